The largest absolute Gasteiger partial charge is 0.463 e. The van der Waals surface area contributed by atoms with Gasteiger partial charge in [-0.2, -0.15) is 0 Å². The average Bonchev–Trinajstić information content (AvgIpc) is 3.37. The molecule has 4 rings (SSSR count). The molecule has 9 heteroatoms. The molecule has 176 valence electrons. The summed E-state index contributed by atoms with van der Waals surface area (Å²) in [5.74, 6) is -0.0972. The van der Waals surface area contributed by atoms with Crippen molar-refractivity contribution in [2.75, 3.05) is 25.9 Å². The second-order valence-corrected chi connectivity index (χ2v) is 11.6. The molecule has 0 saturated carbocycles. The number of pyridine rings is 1. The number of sulfonamides is 1. The molecule has 3 heterocycles. The molecule has 1 aliphatic heterocycles. The van der Waals surface area contributed by atoms with Crippen LogP contribution < -0.4 is 10.3 Å². The minimum Gasteiger partial charge on any atom is -0.463 e. The van der Waals surface area contributed by atoms with Crippen molar-refractivity contribution in [2.45, 2.75) is 32.6 Å². The van der Waals surface area contributed by atoms with E-state index in [-0.39, 0.29) is 22.8 Å². The summed E-state index contributed by atoms with van der Waals surface area (Å²) in [6.07, 6.45) is 4.93. The molecule has 3 aromatic rings. The Labute approximate surface area is 193 Å². The van der Waals surface area contributed by atoms with Gasteiger partial charge in [-0.3, -0.25) is 9.59 Å². The first-order chi connectivity index (χ1) is 15.4. The fourth-order valence-corrected chi connectivity index (χ4v) is 4.83. The zero-order valence-corrected chi connectivity index (χ0v) is 20.1. The number of aromatic nitrogens is 1. The van der Waals surface area contributed by atoms with Gasteiger partial charge >= 0.3 is 0 Å². The molecule has 0 radical (unpaired) electrons. The van der Waals surface area contributed by atoms with Crippen LogP contribution >= 0.6 is 0 Å². The number of hydrogen-bond donors (Lipinski definition) is 2. The quantitative estimate of drug-likeness (QED) is 0.594. The highest BCUT2D eigenvalue weighted by molar-refractivity contribution is 7.88. The number of carbonyl (C=O) groups excluding carboxylic acids is 1. The van der Waals surface area contributed by atoms with Crippen molar-refractivity contribution in [2.24, 2.45) is 5.92 Å². The van der Waals surface area contributed by atoms with Gasteiger partial charge in [0.15, 0.2) is 0 Å². The molecule has 0 unspecified atom stereocenters. The van der Waals surface area contributed by atoms with Crippen LogP contribution in [0.1, 0.15) is 43.1 Å². The van der Waals surface area contributed by atoms with E-state index in [2.05, 4.69) is 30.5 Å². The van der Waals surface area contributed by atoms with Gasteiger partial charge in [0, 0.05) is 42.3 Å². The Morgan fingerprint density at radius 1 is 1.30 bits per heavy atom. The van der Waals surface area contributed by atoms with E-state index in [0.29, 0.717) is 41.7 Å². The van der Waals surface area contributed by atoms with Gasteiger partial charge in [-0.05, 0) is 47.6 Å². The number of fused-ring (bicyclic) bond motifs is 1. The van der Waals surface area contributed by atoms with E-state index in [1.165, 1.54) is 6.26 Å². The van der Waals surface area contributed by atoms with Crippen molar-refractivity contribution in [3.8, 4) is 11.1 Å². The molecule has 1 saturated heterocycles. The van der Waals surface area contributed by atoms with E-state index >= 15 is 0 Å². The van der Waals surface area contributed by atoms with Crippen molar-refractivity contribution in [3.05, 3.63) is 58.2 Å². The smallest absolute Gasteiger partial charge is 0.257 e. The molecular weight excluding hydrogens is 442 g/mol. The topological polar surface area (TPSA) is 112 Å². The lowest BCUT2D eigenvalue weighted by Gasteiger charge is -2.21. The maximum absolute atomic E-state index is 13.4. The zero-order valence-electron chi connectivity index (χ0n) is 19.3. The Bertz CT molecular complexity index is 1360. The number of nitrogens with zero attached hydrogens (tertiary/aromatic N) is 1. The van der Waals surface area contributed by atoms with E-state index in [0.717, 1.165) is 23.8 Å². The number of likely N-dealkylation sites (tertiary alicyclic amines) is 1. The van der Waals surface area contributed by atoms with Crippen LogP contribution in [0.2, 0.25) is 0 Å². The van der Waals surface area contributed by atoms with Gasteiger partial charge in [0.05, 0.1) is 11.8 Å². The van der Waals surface area contributed by atoms with Crippen molar-refractivity contribution in [1.82, 2.24) is 14.6 Å². The van der Waals surface area contributed by atoms with Crippen LogP contribution in [0, 0.1) is 5.92 Å². The highest BCUT2D eigenvalue weighted by atomic mass is 32.2. The van der Waals surface area contributed by atoms with Crippen molar-refractivity contribution in [3.63, 3.8) is 0 Å². The van der Waals surface area contributed by atoms with E-state index in [1.54, 1.807) is 23.2 Å². The Hall–Kier alpha value is -2.91. The summed E-state index contributed by atoms with van der Waals surface area (Å²) in [4.78, 5) is 30.3. The molecule has 33 heavy (non-hydrogen) atoms. The third kappa shape index (κ3) is 4.89. The van der Waals surface area contributed by atoms with Gasteiger partial charge in [0.1, 0.15) is 11.8 Å². The lowest BCUT2D eigenvalue weighted by molar-refractivity contribution is 0.0788. The van der Waals surface area contributed by atoms with Crippen LogP contribution in [0.25, 0.3) is 22.1 Å². The summed E-state index contributed by atoms with van der Waals surface area (Å²) in [6, 6.07) is 7.32. The van der Waals surface area contributed by atoms with Gasteiger partial charge in [0.25, 0.3) is 11.5 Å². The maximum atomic E-state index is 13.4. The summed E-state index contributed by atoms with van der Waals surface area (Å²) in [5.41, 5.74) is 2.77. The van der Waals surface area contributed by atoms with Crippen molar-refractivity contribution in [1.29, 1.82) is 0 Å². The lowest BCUT2D eigenvalue weighted by atomic mass is 9.84. The second-order valence-electron chi connectivity index (χ2n) is 9.74. The number of aromatic amines is 1. The number of nitrogens with one attached hydrogen (secondary N) is 2. The first kappa shape index (κ1) is 23.3. The molecule has 1 aromatic carbocycles. The number of carbonyl (C=O) groups is 1. The standard InChI is InChI=1S/C24H29N3O5S/c1-24(2,3)20-11-16(17-6-5-8-25-22(17)28)10-18-19(14-32-21(18)20)23(29)27-9-7-15(13-27)12-26-33(4,30)31/h5-6,8,10-11,14-15,26H,7,9,12-13H2,1-4H3,(H,25,28)/t15-/m1/s1. The van der Waals surface area contributed by atoms with E-state index < -0.39 is 10.0 Å². The molecule has 0 aliphatic carbocycles. The third-order valence-corrected chi connectivity index (χ3v) is 6.74. The van der Waals surface area contributed by atoms with Crippen LogP contribution in [-0.2, 0) is 15.4 Å². The summed E-state index contributed by atoms with van der Waals surface area (Å²) in [7, 11) is -3.27. The minimum atomic E-state index is -3.27. The van der Waals surface area contributed by atoms with Gasteiger partial charge < -0.3 is 14.3 Å². The fraction of sp³-hybridized carbons (Fsp3) is 0.417. The van der Waals surface area contributed by atoms with Gasteiger partial charge in [-0.15, -0.1) is 0 Å². The summed E-state index contributed by atoms with van der Waals surface area (Å²) in [6.45, 7) is 7.51. The Kier molecular flexibility index (Phi) is 5.96. The average molecular weight is 472 g/mol. The Morgan fingerprint density at radius 2 is 2.06 bits per heavy atom. The molecule has 2 N–H and O–H groups in total. The van der Waals surface area contributed by atoms with Gasteiger partial charge in [-0.1, -0.05) is 20.8 Å². The number of H-pyrrole nitrogens is 1. The maximum Gasteiger partial charge on any atom is 0.257 e. The molecule has 0 bridgehead atoms. The second kappa shape index (κ2) is 8.46. The molecule has 8 nitrogen and oxygen atoms in total. The first-order valence-electron chi connectivity index (χ1n) is 10.9. The number of hydrogen-bond acceptors (Lipinski definition) is 5. The molecule has 1 aliphatic rings. The van der Waals surface area contributed by atoms with E-state index in [4.69, 9.17) is 4.42 Å². The molecule has 2 aromatic heterocycles. The zero-order chi connectivity index (χ0) is 24.0. The predicted octanol–water partition coefficient (Wildman–Crippen LogP) is 3.10. The SMILES string of the molecule is CC(C)(C)c1cc(-c2ccc[nH]c2=O)cc2c(C(=O)N3CC[C@H](CNS(C)(=O)=O)C3)coc12. The summed E-state index contributed by atoms with van der Waals surface area (Å²) < 4.78 is 31.2. The Morgan fingerprint density at radius 3 is 2.73 bits per heavy atom. The molecule has 0 spiro atoms. The predicted molar refractivity (Wildman–Crippen MR) is 128 cm³/mol. The lowest BCUT2D eigenvalue weighted by Crippen LogP contribution is -2.32. The minimum absolute atomic E-state index is 0.0606. The van der Waals surface area contributed by atoms with Gasteiger partial charge in [0.2, 0.25) is 10.0 Å². The van der Waals surface area contributed by atoms with Crippen LogP contribution in [-0.4, -0.2) is 50.1 Å². The number of benzene rings is 1. The summed E-state index contributed by atoms with van der Waals surface area (Å²) in [5, 5.41) is 0.670. The Balaban J connectivity index is 1.72. The van der Waals surface area contributed by atoms with Crippen LogP contribution in [0.15, 0.2) is 45.9 Å². The first-order valence-corrected chi connectivity index (χ1v) is 12.8. The number of amides is 1. The van der Waals surface area contributed by atoms with Crippen molar-refractivity contribution >= 4 is 26.9 Å². The number of rotatable bonds is 5. The fourth-order valence-electron chi connectivity index (χ4n) is 4.29. The van der Waals surface area contributed by atoms with Crippen LogP contribution in [0.4, 0.5) is 0 Å². The number of furan rings is 1. The summed E-state index contributed by atoms with van der Waals surface area (Å²) >= 11 is 0. The molecule has 1 atom stereocenters. The molecule has 1 amide bonds. The highest BCUT2D eigenvalue weighted by Crippen LogP contribution is 2.37. The van der Waals surface area contributed by atoms with E-state index in [1.807, 2.05) is 12.1 Å². The van der Waals surface area contributed by atoms with E-state index in [9.17, 15) is 18.0 Å². The highest BCUT2D eigenvalue weighted by Gasteiger charge is 2.31. The molecular formula is C24H29N3O5S. The van der Waals surface area contributed by atoms with Crippen molar-refractivity contribution < 1.29 is 17.6 Å². The molecule has 1 fully saturated rings. The van der Waals surface area contributed by atoms with Crippen LogP contribution in [0.3, 0.4) is 0 Å². The monoisotopic (exact) mass is 471 g/mol. The normalized spacial score (nSPS) is 17.1. The van der Waals surface area contributed by atoms with Gasteiger partial charge in [-0.25, -0.2) is 13.1 Å². The third-order valence-electron chi connectivity index (χ3n) is 6.05. The van der Waals surface area contributed by atoms with Crippen LogP contribution in [0.5, 0.6) is 0 Å².